The van der Waals surface area contributed by atoms with Crippen LogP contribution in [0.3, 0.4) is 0 Å². The van der Waals surface area contributed by atoms with Gasteiger partial charge in [-0.15, -0.1) is 0 Å². The number of hydrogen-bond acceptors (Lipinski definition) is 4. The van der Waals surface area contributed by atoms with Crippen molar-refractivity contribution in [3.05, 3.63) is 23.7 Å². The molecule has 0 radical (unpaired) electrons. The average Bonchev–Trinajstić information content (AvgIpc) is 2.66. The van der Waals surface area contributed by atoms with E-state index in [1.165, 1.54) is 0 Å². The molecule has 16 heavy (non-hydrogen) atoms. The first kappa shape index (κ1) is 13.2. The predicted octanol–water partition coefficient (Wildman–Crippen LogP) is 1.63. The van der Waals surface area contributed by atoms with E-state index in [-0.39, 0.29) is 12.1 Å². The van der Waals surface area contributed by atoms with Crippen molar-refractivity contribution in [2.45, 2.75) is 32.5 Å². The zero-order valence-electron chi connectivity index (χ0n) is 10.5. The quantitative estimate of drug-likeness (QED) is 0.802. The lowest BCUT2D eigenvalue weighted by Gasteiger charge is -2.33. The van der Waals surface area contributed by atoms with Gasteiger partial charge in [0.1, 0.15) is 18.1 Å². The van der Waals surface area contributed by atoms with Crippen LogP contribution < -0.4 is 0 Å². The minimum atomic E-state index is -0.242. The van der Waals surface area contributed by atoms with Crippen molar-refractivity contribution in [3.63, 3.8) is 0 Å². The fourth-order valence-electron chi connectivity index (χ4n) is 1.30. The topological polar surface area (TPSA) is 45.8 Å². The molecule has 1 aromatic heterocycles. The van der Waals surface area contributed by atoms with E-state index in [9.17, 15) is 5.11 Å². The van der Waals surface area contributed by atoms with Gasteiger partial charge in [0.15, 0.2) is 0 Å². The zero-order chi connectivity index (χ0) is 12.2. The van der Waals surface area contributed by atoms with Crippen molar-refractivity contribution >= 4 is 0 Å². The summed E-state index contributed by atoms with van der Waals surface area (Å²) in [4.78, 5) is 2.06. The molecule has 0 amide bonds. The number of aliphatic hydroxyl groups excluding tert-OH is 1. The first-order valence-electron chi connectivity index (χ1n) is 5.38. The van der Waals surface area contributed by atoms with Gasteiger partial charge in [-0.2, -0.15) is 0 Å². The van der Waals surface area contributed by atoms with Gasteiger partial charge in [-0.05, 0) is 33.0 Å². The summed E-state index contributed by atoms with van der Waals surface area (Å²) in [6.45, 7) is 5.28. The third-order valence-electron chi connectivity index (χ3n) is 2.82. The monoisotopic (exact) mass is 227 g/mol. The smallest absolute Gasteiger partial charge is 0.129 e. The van der Waals surface area contributed by atoms with Crippen LogP contribution in [0.15, 0.2) is 16.5 Å². The molecule has 4 nitrogen and oxygen atoms in total. The number of aliphatic hydroxyl groups is 1. The van der Waals surface area contributed by atoms with Crippen molar-refractivity contribution in [1.29, 1.82) is 0 Å². The Morgan fingerprint density at radius 2 is 2.00 bits per heavy atom. The standard InChI is InChI=1S/C12H21NO3/c1-12(2,9-14)13(3)7-10-5-6-11(16-10)8-15-4/h5-6,14H,7-9H2,1-4H3. The maximum atomic E-state index is 9.24. The van der Waals surface area contributed by atoms with Gasteiger partial charge in [-0.25, -0.2) is 0 Å². The van der Waals surface area contributed by atoms with Gasteiger partial charge in [0, 0.05) is 12.6 Å². The van der Waals surface area contributed by atoms with E-state index < -0.39 is 0 Å². The molecular weight excluding hydrogens is 206 g/mol. The van der Waals surface area contributed by atoms with Crippen LogP contribution in [0.4, 0.5) is 0 Å². The molecule has 0 aromatic carbocycles. The first-order chi connectivity index (χ1) is 7.49. The molecule has 1 rings (SSSR count). The summed E-state index contributed by atoms with van der Waals surface area (Å²) in [5.41, 5.74) is -0.242. The van der Waals surface area contributed by atoms with E-state index in [1.807, 2.05) is 33.0 Å². The van der Waals surface area contributed by atoms with Crippen LogP contribution in [0.2, 0.25) is 0 Å². The van der Waals surface area contributed by atoms with Gasteiger partial charge >= 0.3 is 0 Å². The first-order valence-corrected chi connectivity index (χ1v) is 5.38. The minimum Gasteiger partial charge on any atom is -0.462 e. The van der Waals surface area contributed by atoms with Gasteiger partial charge in [-0.1, -0.05) is 0 Å². The largest absolute Gasteiger partial charge is 0.462 e. The lowest BCUT2D eigenvalue weighted by atomic mass is 10.1. The Hall–Kier alpha value is -0.840. The summed E-state index contributed by atoms with van der Waals surface area (Å²) in [6, 6.07) is 3.86. The molecule has 1 aromatic rings. The molecule has 4 heteroatoms. The van der Waals surface area contributed by atoms with Gasteiger partial charge < -0.3 is 14.3 Å². The molecule has 0 bridgehead atoms. The van der Waals surface area contributed by atoms with E-state index in [0.29, 0.717) is 13.2 Å². The second kappa shape index (κ2) is 5.48. The van der Waals surface area contributed by atoms with Gasteiger partial charge in [0.05, 0.1) is 13.2 Å². The number of methoxy groups -OCH3 is 1. The van der Waals surface area contributed by atoms with Crippen LogP contribution in [0.5, 0.6) is 0 Å². The second-order valence-electron chi connectivity index (χ2n) is 4.63. The third kappa shape index (κ3) is 3.33. The van der Waals surface area contributed by atoms with Gasteiger partial charge in [0.2, 0.25) is 0 Å². The van der Waals surface area contributed by atoms with Crippen LogP contribution in [0.25, 0.3) is 0 Å². The van der Waals surface area contributed by atoms with Crippen molar-refractivity contribution in [1.82, 2.24) is 4.90 Å². The van der Waals surface area contributed by atoms with E-state index in [0.717, 1.165) is 11.5 Å². The SMILES string of the molecule is COCc1ccc(CN(C)C(C)(C)CO)o1. The van der Waals surface area contributed by atoms with Crippen LogP contribution in [0, 0.1) is 0 Å². The molecule has 0 unspecified atom stereocenters. The van der Waals surface area contributed by atoms with Crippen LogP contribution >= 0.6 is 0 Å². The molecule has 0 saturated heterocycles. The highest BCUT2D eigenvalue weighted by molar-refractivity contribution is 5.06. The van der Waals surface area contributed by atoms with E-state index in [2.05, 4.69) is 4.90 Å². The highest BCUT2D eigenvalue weighted by Gasteiger charge is 2.23. The van der Waals surface area contributed by atoms with Crippen molar-refractivity contribution in [2.75, 3.05) is 20.8 Å². The van der Waals surface area contributed by atoms with Crippen LogP contribution in [-0.2, 0) is 17.9 Å². The van der Waals surface area contributed by atoms with Crippen molar-refractivity contribution < 1.29 is 14.3 Å². The molecule has 0 atom stereocenters. The predicted molar refractivity (Wildman–Crippen MR) is 62.1 cm³/mol. The lowest BCUT2D eigenvalue weighted by Crippen LogP contribution is -2.43. The van der Waals surface area contributed by atoms with Gasteiger partial charge in [0.25, 0.3) is 0 Å². The fraction of sp³-hybridized carbons (Fsp3) is 0.667. The molecule has 0 fully saturated rings. The van der Waals surface area contributed by atoms with E-state index in [1.54, 1.807) is 7.11 Å². The Labute approximate surface area is 96.8 Å². The Balaban J connectivity index is 2.59. The summed E-state index contributed by atoms with van der Waals surface area (Å²) >= 11 is 0. The maximum Gasteiger partial charge on any atom is 0.129 e. The summed E-state index contributed by atoms with van der Waals surface area (Å²) in [6.07, 6.45) is 0. The molecule has 92 valence electrons. The highest BCUT2D eigenvalue weighted by Crippen LogP contribution is 2.17. The lowest BCUT2D eigenvalue weighted by molar-refractivity contribution is 0.0670. The molecule has 0 aliphatic rings. The molecule has 1 heterocycles. The highest BCUT2D eigenvalue weighted by atomic mass is 16.5. The molecular formula is C12H21NO3. The van der Waals surface area contributed by atoms with Crippen molar-refractivity contribution in [2.24, 2.45) is 0 Å². The number of hydrogen-bond donors (Lipinski definition) is 1. The van der Waals surface area contributed by atoms with Crippen molar-refractivity contribution in [3.8, 4) is 0 Å². The normalized spacial score (nSPS) is 12.4. The number of nitrogens with zero attached hydrogens (tertiary/aromatic N) is 1. The number of rotatable bonds is 6. The average molecular weight is 227 g/mol. The number of likely N-dealkylation sites (N-methyl/N-ethyl adjacent to an activating group) is 1. The van der Waals surface area contributed by atoms with E-state index >= 15 is 0 Å². The van der Waals surface area contributed by atoms with Crippen LogP contribution in [0.1, 0.15) is 25.4 Å². The van der Waals surface area contributed by atoms with Gasteiger partial charge in [-0.3, -0.25) is 4.90 Å². The second-order valence-corrected chi connectivity index (χ2v) is 4.63. The maximum absolute atomic E-state index is 9.24. The van der Waals surface area contributed by atoms with E-state index in [4.69, 9.17) is 9.15 Å². The minimum absolute atomic E-state index is 0.120. The summed E-state index contributed by atoms with van der Waals surface area (Å²) < 4.78 is 10.6. The Bertz CT molecular complexity index is 320. The summed E-state index contributed by atoms with van der Waals surface area (Å²) in [7, 11) is 3.61. The molecule has 0 aliphatic carbocycles. The Kier molecular flexibility index (Phi) is 4.53. The molecule has 0 aliphatic heterocycles. The number of ether oxygens (including phenoxy) is 1. The molecule has 0 spiro atoms. The number of furan rings is 1. The molecule has 1 N–H and O–H groups in total. The Morgan fingerprint density at radius 3 is 2.56 bits per heavy atom. The third-order valence-corrected chi connectivity index (χ3v) is 2.82. The van der Waals surface area contributed by atoms with Crippen LogP contribution in [-0.4, -0.2) is 36.3 Å². The zero-order valence-corrected chi connectivity index (χ0v) is 10.5. The summed E-state index contributed by atoms with van der Waals surface area (Å²) in [5, 5.41) is 9.24. The molecule has 0 saturated carbocycles. The Morgan fingerprint density at radius 1 is 1.38 bits per heavy atom. The fourth-order valence-corrected chi connectivity index (χ4v) is 1.30. The summed E-state index contributed by atoms with van der Waals surface area (Å²) in [5.74, 6) is 1.71.